The van der Waals surface area contributed by atoms with Crippen molar-refractivity contribution in [3.63, 3.8) is 0 Å². The lowest BCUT2D eigenvalue weighted by Crippen LogP contribution is -2.53. The van der Waals surface area contributed by atoms with E-state index in [-0.39, 0.29) is 53.1 Å². The van der Waals surface area contributed by atoms with Crippen LogP contribution < -0.4 is 15.4 Å². The minimum atomic E-state index is -0.977. The predicted octanol–water partition coefficient (Wildman–Crippen LogP) is 4.88. The van der Waals surface area contributed by atoms with Crippen molar-refractivity contribution < 1.29 is 19.0 Å². The first kappa shape index (κ1) is 27.2. The summed E-state index contributed by atoms with van der Waals surface area (Å²) in [5, 5.41) is 11.6. The van der Waals surface area contributed by atoms with Crippen molar-refractivity contribution >= 4 is 51.0 Å². The van der Waals surface area contributed by atoms with Gasteiger partial charge in [0.1, 0.15) is 23.8 Å². The normalized spacial score (nSPS) is 19.8. The zero-order valence-corrected chi connectivity index (χ0v) is 23.6. The van der Waals surface area contributed by atoms with Crippen molar-refractivity contribution in [2.75, 3.05) is 50.5 Å². The molecular weight excluding hydrogens is 549 g/mol. The van der Waals surface area contributed by atoms with Crippen LogP contribution in [0.4, 0.5) is 20.8 Å². The number of piperazine rings is 1. The highest BCUT2D eigenvalue weighted by Gasteiger charge is 2.31. The number of likely N-dealkylation sites (tertiary alicyclic amines) is 1. The molecule has 2 aliphatic rings. The summed E-state index contributed by atoms with van der Waals surface area (Å²) < 4.78 is 22.7. The van der Waals surface area contributed by atoms with Gasteiger partial charge in [0.25, 0.3) is 0 Å². The third-order valence-electron chi connectivity index (χ3n) is 8.09. The van der Waals surface area contributed by atoms with Gasteiger partial charge in [-0.15, -0.1) is 0 Å². The number of aromatic nitrogens is 3. The number of nitrogens with zero attached hydrogens (tertiary/aromatic N) is 6. The fraction of sp³-hybridized carbons (Fsp3) is 0.379. The first-order valence-electron chi connectivity index (χ1n) is 13.6. The molecule has 3 N–H and O–H groups in total. The number of carbonyl (C=O) groups is 1. The molecule has 0 radical (unpaired) electrons. The van der Waals surface area contributed by atoms with E-state index in [9.17, 15) is 9.90 Å². The van der Waals surface area contributed by atoms with E-state index in [1.807, 2.05) is 43.1 Å². The molecule has 2 saturated heterocycles. The number of nitrogens with two attached hydrogens (primary N) is 1. The Morgan fingerprint density at radius 1 is 1.17 bits per heavy atom. The van der Waals surface area contributed by atoms with Crippen molar-refractivity contribution in [1.82, 2.24) is 24.8 Å². The van der Waals surface area contributed by atoms with Gasteiger partial charge in [-0.2, -0.15) is 9.97 Å². The lowest BCUT2D eigenvalue weighted by molar-refractivity contribution is 0.136. The average molecular weight is 580 g/mol. The summed E-state index contributed by atoms with van der Waals surface area (Å²) in [6.07, 6.45) is 1.10. The zero-order valence-electron chi connectivity index (χ0n) is 22.8. The van der Waals surface area contributed by atoms with E-state index in [4.69, 9.17) is 27.1 Å². The van der Waals surface area contributed by atoms with Crippen LogP contribution >= 0.6 is 11.6 Å². The summed E-state index contributed by atoms with van der Waals surface area (Å²) >= 11 is 6.79. The number of fused-ring (bicyclic) bond motifs is 2. The summed E-state index contributed by atoms with van der Waals surface area (Å²) in [5.41, 5.74) is 6.56. The van der Waals surface area contributed by atoms with Crippen LogP contribution in [0.2, 0.25) is 5.02 Å². The highest BCUT2D eigenvalue weighted by atomic mass is 35.5. The van der Waals surface area contributed by atoms with E-state index in [0.717, 1.165) is 24.8 Å². The fourth-order valence-corrected chi connectivity index (χ4v) is 6.16. The molecule has 214 valence electrons. The van der Waals surface area contributed by atoms with Crippen molar-refractivity contribution in [2.45, 2.75) is 31.8 Å². The predicted molar refractivity (Wildman–Crippen MR) is 157 cm³/mol. The van der Waals surface area contributed by atoms with Crippen LogP contribution in [0.3, 0.4) is 0 Å². The molecule has 2 aliphatic heterocycles. The van der Waals surface area contributed by atoms with Crippen molar-refractivity contribution in [1.29, 1.82) is 0 Å². The van der Waals surface area contributed by atoms with Crippen molar-refractivity contribution in [3.05, 3.63) is 47.2 Å². The minimum absolute atomic E-state index is 0.0466. The Bertz CT molecular complexity index is 1650. The van der Waals surface area contributed by atoms with Crippen LogP contribution in [-0.2, 0) is 0 Å². The van der Waals surface area contributed by atoms with E-state index in [2.05, 4.69) is 14.9 Å². The number of halogens is 2. The van der Waals surface area contributed by atoms with E-state index in [1.54, 1.807) is 12.1 Å². The Morgan fingerprint density at radius 3 is 2.71 bits per heavy atom. The van der Waals surface area contributed by atoms with Crippen LogP contribution in [0.25, 0.3) is 32.9 Å². The van der Waals surface area contributed by atoms with Gasteiger partial charge >= 0.3 is 12.1 Å². The molecule has 4 heterocycles. The zero-order chi connectivity index (χ0) is 28.8. The Balaban J connectivity index is 1.51. The van der Waals surface area contributed by atoms with Gasteiger partial charge in [-0.3, -0.25) is 0 Å². The number of hydrogen-bond acceptors (Lipinski definition) is 8. The third-order valence-corrected chi connectivity index (χ3v) is 8.38. The number of ether oxygens (including phenoxy) is 1. The van der Waals surface area contributed by atoms with Gasteiger partial charge in [-0.1, -0.05) is 35.9 Å². The van der Waals surface area contributed by atoms with Gasteiger partial charge in [0.05, 0.1) is 16.3 Å². The Labute approximate surface area is 241 Å². The molecule has 0 aliphatic carbocycles. The molecule has 4 aromatic rings. The second kappa shape index (κ2) is 10.8. The van der Waals surface area contributed by atoms with Gasteiger partial charge in [0.2, 0.25) is 0 Å². The number of nitrogen functional groups attached to an aromatic ring is 1. The average Bonchev–Trinajstić information content (AvgIpc) is 3.36. The number of likely N-dealkylation sites (N-methyl/N-ethyl adjacent to an activating group) is 1. The Morgan fingerprint density at radius 2 is 1.98 bits per heavy atom. The first-order valence-corrected chi connectivity index (χ1v) is 14.0. The number of benzene rings is 2. The molecule has 2 fully saturated rings. The van der Waals surface area contributed by atoms with Crippen LogP contribution in [0.1, 0.15) is 19.8 Å². The maximum absolute atomic E-state index is 16.6. The molecule has 0 spiro atoms. The third kappa shape index (κ3) is 5.04. The summed E-state index contributed by atoms with van der Waals surface area (Å²) in [5.74, 6) is 0.0339. The molecule has 0 saturated carbocycles. The molecule has 0 unspecified atom stereocenters. The van der Waals surface area contributed by atoms with Gasteiger partial charge in [-0.05, 0) is 50.9 Å². The van der Waals surface area contributed by atoms with E-state index < -0.39 is 11.9 Å². The molecule has 10 nitrogen and oxygen atoms in total. The summed E-state index contributed by atoms with van der Waals surface area (Å²) in [6.45, 7) is 4.19. The quantitative estimate of drug-likeness (QED) is 0.341. The number of amides is 1. The monoisotopic (exact) mass is 579 g/mol. The maximum Gasteiger partial charge on any atom is 0.407 e. The van der Waals surface area contributed by atoms with E-state index in [1.165, 1.54) is 4.90 Å². The number of carboxylic acid groups (broad SMARTS) is 1. The topological polar surface area (TPSA) is 121 Å². The van der Waals surface area contributed by atoms with Crippen LogP contribution in [0.5, 0.6) is 6.01 Å². The summed E-state index contributed by atoms with van der Waals surface area (Å²) in [7, 11) is 2.05. The number of pyridine rings is 1. The fourth-order valence-electron chi connectivity index (χ4n) is 5.88. The van der Waals surface area contributed by atoms with Gasteiger partial charge in [-0.25, -0.2) is 14.2 Å². The molecule has 2 atom stereocenters. The van der Waals surface area contributed by atoms with E-state index >= 15 is 4.39 Å². The molecule has 2 aromatic carbocycles. The minimum Gasteiger partial charge on any atom is -0.465 e. The standard InChI is InChI=1S/C29H31ClFN7O3/c1-16-14-37(29(39)40)10-11-38(16)27-20-13-21(30)23(25-19-8-4-3-6-17(19)12-22(32)33-25)24(31)26(20)34-28(35-27)41-15-18-7-5-9-36(18)2/h3-4,6,8,12-13,16,18H,5,7,9-11,14-15H2,1-2H3,(H2,32,33)(H,39,40)/t16-,18-/m0/s1. The molecule has 0 bridgehead atoms. The Kier molecular flexibility index (Phi) is 7.16. The van der Waals surface area contributed by atoms with Gasteiger partial charge in [0.15, 0.2) is 5.82 Å². The molecule has 2 aromatic heterocycles. The highest BCUT2D eigenvalue weighted by Crippen LogP contribution is 2.41. The molecule has 41 heavy (non-hydrogen) atoms. The smallest absolute Gasteiger partial charge is 0.407 e. The molecule has 1 amide bonds. The number of rotatable bonds is 5. The number of anilines is 2. The van der Waals surface area contributed by atoms with Crippen LogP contribution in [0.15, 0.2) is 36.4 Å². The second-order valence-electron chi connectivity index (χ2n) is 10.7. The summed E-state index contributed by atoms with van der Waals surface area (Å²) in [4.78, 5) is 30.9. The van der Waals surface area contributed by atoms with Crippen LogP contribution in [0, 0.1) is 5.82 Å². The lowest BCUT2D eigenvalue weighted by Gasteiger charge is -2.39. The highest BCUT2D eigenvalue weighted by molar-refractivity contribution is 6.34. The van der Waals surface area contributed by atoms with Gasteiger partial charge < -0.3 is 30.3 Å². The van der Waals surface area contributed by atoms with Crippen molar-refractivity contribution in [2.24, 2.45) is 0 Å². The SMILES string of the molecule is C[C@H]1CN(C(=O)O)CCN1c1nc(OC[C@@H]2CCCN2C)nc2c(F)c(-c3nc(N)cc4ccccc34)c(Cl)cc12. The molecule has 6 rings (SSSR count). The molecular formula is C29H31ClFN7O3. The largest absolute Gasteiger partial charge is 0.465 e. The van der Waals surface area contributed by atoms with Crippen molar-refractivity contribution in [3.8, 4) is 17.3 Å². The summed E-state index contributed by atoms with van der Waals surface area (Å²) in [6, 6.07) is 10.9. The van der Waals surface area contributed by atoms with Gasteiger partial charge in [0, 0.05) is 42.5 Å². The molecule has 12 heteroatoms. The Hall–Kier alpha value is -3.96. The van der Waals surface area contributed by atoms with Crippen LogP contribution in [-0.4, -0.2) is 87.9 Å². The maximum atomic E-state index is 16.6. The van der Waals surface area contributed by atoms with E-state index in [0.29, 0.717) is 35.4 Å². The first-order chi connectivity index (χ1) is 19.7. The lowest BCUT2D eigenvalue weighted by atomic mass is 10.0. The second-order valence-corrected chi connectivity index (χ2v) is 11.2. The number of hydrogen-bond donors (Lipinski definition) is 2.